The molecule has 4 rings (SSSR count). The van der Waals surface area contributed by atoms with Crippen molar-refractivity contribution in [2.75, 3.05) is 50.7 Å². The topological polar surface area (TPSA) is 80.3 Å². The van der Waals surface area contributed by atoms with Gasteiger partial charge in [0.2, 0.25) is 0 Å². The van der Waals surface area contributed by atoms with Crippen LogP contribution in [-0.2, 0) is 9.47 Å². The van der Waals surface area contributed by atoms with E-state index in [1.54, 1.807) is 19.5 Å². The zero-order valence-electron chi connectivity index (χ0n) is 19.8. The molecular formula is C25H35Cl2N5O2. The molecule has 0 unspecified atom stereocenters. The molecule has 0 amide bonds. The van der Waals surface area contributed by atoms with E-state index in [0.29, 0.717) is 28.2 Å². The summed E-state index contributed by atoms with van der Waals surface area (Å²) in [5.74, 6) is 1.42. The summed E-state index contributed by atoms with van der Waals surface area (Å²) in [6.45, 7) is 4.16. The number of nitrogens with zero attached hydrogens (tertiary/aromatic N) is 2. The number of anilines is 2. The molecule has 3 heterocycles. The van der Waals surface area contributed by atoms with E-state index in [2.05, 4.69) is 25.9 Å². The van der Waals surface area contributed by atoms with Crippen molar-refractivity contribution >= 4 is 34.7 Å². The SMILES string of the molecule is COCCN[C@H]1CC[C@H](Nc2cc(-c3cnc(Cl)c(NCC4CCOCC4)c3)c(Cl)cn2)CC1. The summed E-state index contributed by atoms with van der Waals surface area (Å²) in [5.41, 5.74) is 2.64. The third-order valence-corrected chi connectivity index (χ3v) is 7.35. The molecule has 1 aliphatic heterocycles. The zero-order chi connectivity index (χ0) is 23.8. The Kier molecular flexibility index (Phi) is 9.65. The minimum Gasteiger partial charge on any atom is -0.383 e. The third-order valence-electron chi connectivity index (χ3n) is 6.75. The smallest absolute Gasteiger partial charge is 0.152 e. The average Bonchev–Trinajstić information content (AvgIpc) is 2.87. The standard InChI is InChI=1S/C25H35Cl2N5O2/c1-33-11-8-28-19-2-4-20(5-3-19)32-24-13-21(22(26)16-30-24)18-12-23(25(27)31-15-18)29-14-17-6-9-34-10-7-17/h12-13,15-17,19-20,28-29H,2-11,14H2,1H3,(H,30,32)/t19-,20-. The first-order valence-corrected chi connectivity index (χ1v) is 13.0. The number of hydrogen-bond acceptors (Lipinski definition) is 7. The van der Waals surface area contributed by atoms with Crippen molar-refractivity contribution in [2.45, 2.75) is 50.6 Å². The summed E-state index contributed by atoms with van der Waals surface area (Å²) in [4.78, 5) is 8.93. The van der Waals surface area contributed by atoms with Crippen LogP contribution >= 0.6 is 23.2 Å². The summed E-state index contributed by atoms with van der Waals surface area (Å²) in [6.07, 6.45) is 10.1. The van der Waals surface area contributed by atoms with Gasteiger partial charge in [0.1, 0.15) is 5.82 Å². The van der Waals surface area contributed by atoms with Crippen LogP contribution in [0.15, 0.2) is 24.5 Å². The number of pyridine rings is 2. The first-order valence-electron chi connectivity index (χ1n) is 12.2. The van der Waals surface area contributed by atoms with Gasteiger partial charge in [0.25, 0.3) is 0 Å². The maximum atomic E-state index is 6.54. The molecule has 9 heteroatoms. The molecule has 0 aromatic carbocycles. The molecule has 34 heavy (non-hydrogen) atoms. The van der Waals surface area contributed by atoms with Gasteiger partial charge in [0.05, 0.1) is 17.3 Å². The lowest BCUT2D eigenvalue weighted by atomic mass is 9.91. The van der Waals surface area contributed by atoms with Crippen molar-refractivity contribution in [1.29, 1.82) is 0 Å². The van der Waals surface area contributed by atoms with Crippen LogP contribution in [0.2, 0.25) is 10.2 Å². The Labute approximate surface area is 212 Å². The van der Waals surface area contributed by atoms with Gasteiger partial charge in [-0.1, -0.05) is 23.2 Å². The van der Waals surface area contributed by atoms with Gasteiger partial charge in [-0.25, -0.2) is 9.97 Å². The predicted octanol–water partition coefficient (Wildman–Crippen LogP) is 5.25. The Hall–Kier alpha value is -1.64. The minimum absolute atomic E-state index is 0.405. The summed E-state index contributed by atoms with van der Waals surface area (Å²) in [6, 6.07) is 5.01. The van der Waals surface area contributed by atoms with E-state index in [9.17, 15) is 0 Å². The first-order chi connectivity index (χ1) is 16.6. The lowest BCUT2D eigenvalue weighted by Crippen LogP contribution is -2.38. The first kappa shape index (κ1) is 25.5. The predicted molar refractivity (Wildman–Crippen MR) is 139 cm³/mol. The van der Waals surface area contributed by atoms with Crippen LogP contribution in [0.5, 0.6) is 0 Å². The van der Waals surface area contributed by atoms with Gasteiger partial charge in [-0.15, -0.1) is 0 Å². The normalized spacial score (nSPS) is 21.4. The number of ether oxygens (including phenoxy) is 2. The van der Waals surface area contributed by atoms with E-state index in [1.807, 2.05) is 12.1 Å². The second kappa shape index (κ2) is 12.9. The Morgan fingerprint density at radius 1 is 1.00 bits per heavy atom. The van der Waals surface area contributed by atoms with Gasteiger partial charge >= 0.3 is 0 Å². The van der Waals surface area contributed by atoms with Crippen molar-refractivity contribution < 1.29 is 9.47 Å². The molecule has 0 bridgehead atoms. The molecule has 1 aliphatic carbocycles. The fourth-order valence-electron chi connectivity index (χ4n) is 4.68. The highest BCUT2D eigenvalue weighted by Gasteiger charge is 2.21. The van der Waals surface area contributed by atoms with Gasteiger partial charge in [-0.05, 0) is 56.6 Å². The fraction of sp³-hybridized carbons (Fsp3) is 0.600. The summed E-state index contributed by atoms with van der Waals surface area (Å²) in [7, 11) is 1.74. The quantitative estimate of drug-likeness (QED) is 0.299. The molecule has 2 aromatic heterocycles. The largest absolute Gasteiger partial charge is 0.383 e. The highest BCUT2D eigenvalue weighted by atomic mass is 35.5. The maximum absolute atomic E-state index is 6.54. The molecule has 0 radical (unpaired) electrons. The van der Waals surface area contributed by atoms with E-state index < -0.39 is 0 Å². The van der Waals surface area contributed by atoms with E-state index in [1.165, 1.54) is 0 Å². The number of aromatic nitrogens is 2. The molecule has 3 N–H and O–H groups in total. The van der Waals surface area contributed by atoms with Gasteiger partial charge < -0.3 is 25.4 Å². The van der Waals surface area contributed by atoms with Crippen molar-refractivity contribution in [2.24, 2.45) is 5.92 Å². The summed E-state index contributed by atoms with van der Waals surface area (Å²) >= 11 is 12.9. The Morgan fingerprint density at radius 2 is 1.76 bits per heavy atom. The lowest BCUT2D eigenvalue weighted by Gasteiger charge is -2.30. The van der Waals surface area contributed by atoms with Gasteiger partial charge in [-0.3, -0.25) is 0 Å². The maximum Gasteiger partial charge on any atom is 0.152 e. The molecule has 1 saturated heterocycles. The van der Waals surface area contributed by atoms with Gasteiger partial charge in [0, 0.05) is 69.0 Å². The molecule has 0 atom stereocenters. The molecule has 2 aromatic rings. The second-order valence-corrected chi connectivity index (χ2v) is 9.95. The number of methoxy groups -OCH3 is 1. The molecule has 7 nitrogen and oxygen atoms in total. The van der Waals surface area contributed by atoms with Crippen LogP contribution in [0, 0.1) is 5.92 Å². The number of hydrogen-bond donors (Lipinski definition) is 3. The van der Waals surface area contributed by atoms with Crippen molar-refractivity contribution in [3.05, 3.63) is 34.7 Å². The monoisotopic (exact) mass is 507 g/mol. The highest BCUT2D eigenvalue weighted by Crippen LogP contribution is 2.33. The Morgan fingerprint density at radius 3 is 2.53 bits per heavy atom. The van der Waals surface area contributed by atoms with Crippen LogP contribution < -0.4 is 16.0 Å². The fourth-order valence-corrected chi connectivity index (χ4v) is 5.06. The van der Waals surface area contributed by atoms with Gasteiger partial charge in [-0.2, -0.15) is 0 Å². The van der Waals surface area contributed by atoms with Crippen LogP contribution in [0.1, 0.15) is 38.5 Å². The highest BCUT2D eigenvalue weighted by molar-refractivity contribution is 6.33. The lowest BCUT2D eigenvalue weighted by molar-refractivity contribution is 0.0699. The van der Waals surface area contributed by atoms with Crippen molar-refractivity contribution in [3.63, 3.8) is 0 Å². The minimum atomic E-state index is 0.405. The Balaban J connectivity index is 1.38. The number of halogens is 2. The van der Waals surface area contributed by atoms with Crippen molar-refractivity contribution in [3.8, 4) is 11.1 Å². The van der Waals surface area contributed by atoms with Crippen molar-refractivity contribution in [1.82, 2.24) is 15.3 Å². The molecule has 1 saturated carbocycles. The second-order valence-electron chi connectivity index (χ2n) is 9.19. The molecule has 186 valence electrons. The van der Waals surface area contributed by atoms with Crippen LogP contribution in [0.25, 0.3) is 11.1 Å². The van der Waals surface area contributed by atoms with E-state index in [-0.39, 0.29) is 0 Å². The molecule has 2 fully saturated rings. The zero-order valence-corrected chi connectivity index (χ0v) is 21.3. The van der Waals surface area contributed by atoms with Crippen LogP contribution in [-0.4, -0.2) is 62.1 Å². The molecule has 2 aliphatic rings. The molecular weight excluding hydrogens is 473 g/mol. The number of rotatable bonds is 10. The molecule has 0 spiro atoms. The Bertz CT molecular complexity index is 918. The third kappa shape index (κ3) is 7.18. The van der Waals surface area contributed by atoms with E-state index in [4.69, 9.17) is 32.7 Å². The number of nitrogens with one attached hydrogen (secondary N) is 3. The van der Waals surface area contributed by atoms with E-state index >= 15 is 0 Å². The van der Waals surface area contributed by atoms with E-state index in [0.717, 1.165) is 94.1 Å². The van der Waals surface area contributed by atoms with Gasteiger partial charge in [0.15, 0.2) is 5.15 Å². The van der Waals surface area contributed by atoms with Crippen LogP contribution in [0.4, 0.5) is 11.5 Å². The van der Waals surface area contributed by atoms with Crippen LogP contribution in [0.3, 0.4) is 0 Å². The average molecular weight is 508 g/mol. The summed E-state index contributed by atoms with van der Waals surface area (Å²) < 4.78 is 10.6. The summed E-state index contributed by atoms with van der Waals surface area (Å²) in [5, 5.41) is 11.7.